The van der Waals surface area contributed by atoms with Crippen molar-refractivity contribution in [2.75, 3.05) is 0 Å². The minimum Gasteiger partial charge on any atom is -0.387 e. The number of rotatable bonds is 6. The Labute approximate surface area is 182 Å². The van der Waals surface area contributed by atoms with Crippen LogP contribution in [0.3, 0.4) is 0 Å². The van der Waals surface area contributed by atoms with Gasteiger partial charge in [0.15, 0.2) is 14.1 Å². The second kappa shape index (κ2) is 8.89. The lowest BCUT2D eigenvalue weighted by atomic mass is 9.83. The fourth-order valence-electron chi connectivity index (χ4n) is 4.66. The molecule has 1 aliphatic rings. The highest BCUT2D eigenvalue weighted by Crippen LogP contribution is 2.53. The summed E-state index contributed by atoms with van der Waals surface area (Å²) in [6.45, 7) is 6.83. The first kappa shape index (κ1) is 21.0. The summed E-state index contributed by atoms with van der Waals surface area (Å²) in [4.78, 5) is 0. The van der Waals surface area contributed by atoms with Gasteiger partial charge in [0.05, 0.1) is 6.10 Å². The van der Waals surface area contributed by atoms with Crippen LogP contribution >= 0.6 is 0 Å². The van der Waals surface area contributed by atoms with Gasteiger partial charge in [0.1, 0.15) is 0 Å². The summed E-state index contributed by atoms with van der Waals surface area (Å²) < 4.78 is 14.2. The molecular formula is C27H32O2Si. The van der Waals surface area contributed by atoms with Gasteiger partial charge in [0.25, 0.3) is 0 Å². The molecule has 2 nitrogen and oxygen atoms in total. The molecule has 1 aliphatic heterocycles. The predicted octanol–water partition coefficient (Wildman–Crippen LogP) is 7.42. The van der Waals surface area contributed by atoms with Gasteiger partial charge in [0.2, 0.25) is 0 Å². The largest absolute Gasteiger partial charge is 0.387 e. The smallest absolute Gasteiger partial charge is 0.193 e. The van der Waals surface area contributed by atoms with Crippen molar-refractivity contribution >= 4 is 8.32 Å². The van der Waals surface area contributed by atoms with Gasteiger partial charge in [-0.05, 0) is 43.1 Å². The Kier molecular flexibility index (Phi) is 6.23. The summed E-state index contributed by atoms with van der Waals surface area (Å²) in [6, 6.07) is 33.1. The number of hydrogen-bond acceptors (Lipinski definition) is 2. The monoisotopic (exact) mass is 416 g/mol. The molecule has 3 heteroatoms. The van der Waals surface area contributed by atoms with E-state index in [9.17, 15) is 0 Å². The van der Waals surface area contributed by atoms with E-state index >= 15 is 0 Å². The van der Waals surface area contributed by atoms with Gasteiger partial charge in [-0.1, -0.05) is 97.9 Å². The van der Waals surface area contributed by atoms with Crippen molar-refractivity contribution in [1.29, 1.82) is 0 Å². The van der Waals surface area contributed by atoms with E-state index in [4.69, 9.17) is 9.16 Å². The number of ether oxygens (including phenoxy) is 1. The van der Waals surface area contributed by atoms with Gasteiger partial charge in [-0.25, -0.2) is 0 Å². The van der Waals surface area contributed by atoms with E-state index in [-0.39, 0.29) is 12.0 Å². The Bertz CT molecular complexity index is 927. The lowest BCUT2D eigenvalue weighted by Crippen LogP contribution is -2.52. The Morgan fingerprint density at radius 2 is 1.47 bits per heavy atom. The third-order valence-electron chi connectivity index (χ3n) is 6.16. The Morgan fingerprint density at radius 1 is 0.900 bits per heavy atom. The maximum atomic E-state index is 7.12. The van der Waals surface area contributed by atoms with E-state index in [2.05, 4.69) is 111 Å². The van der Waals surface area contributed by atoms with Crippen molar-refractivity contribution in [3.63, 3.8) is 0 Å². The molecule has 1 fully saturated rings. The number of benzene rings is 3. The molecule has 0 bridgehead atoms. The van der Waals surface area contributed by atoms with E-state index in [1.54, 1.807) is 0 Å². The summed E-state index contributed by atoms with van der Waals surface area (Å²) >= 11 is 0. The fraction of sp³-hybridized carbons (Fsp3) is 0.333. The van der Waals surface area contributed by atoms with Crippen LogP contribution in [-0.2, 0) is 14.9 Å². The van der Waals surface area contributed by atoms with Gasteiger partial charge >= 0.3 is 0 Å². The maximum absolute atomic E-state index is 7.12. The lowest BCUT2D eigenvalue weighted by molar-refractivity contribution is -0.251. The van der Waals surface area contributed by atoms with E-state index in [1.165, 1.54) is 11.1 Å². The van der Waals surface area contributed by atoms with Crippen molar-refractivity contribution in [2.45, 2.75) is 56.7 Å². The second-order valence-corrected chi connectivity index (χ2v) is 13.0. The first-order valence-corrected chi connectivity index (χ1v) is 14.2. The maximum Gasteiger partial charge on any atom is 0.193 e. The van der Waals surface area contributed by atoms with Crippen molar-refractivity contribution < 1.29 is 9.16 Å². The Morgan fingerprint density at radius 3 is 2.07 bits per heavy atom. The van der Waals surface area contributed by atoms with Crippen molar-refractivity contribution in [2.24, 2.45) is 0 Å². The van der Waals surface area contributed by atoms with Crippen molar-refractivity contribution in [1.82, 2.24) is 0 Å². The van der Waals surface area contributed by atoms with Crippen molar-refractivity contribution in [3.8, 4) is 0 Å². The van der Waals surface area contributed by atoms with E-state index in [0.29, 0.717) is 0 Å². The topological polar surface area (TPSA) is 18.5 Å². The highest BCUT2D eigenvalue weighted by Gasteiger charge is 2.52. The molecule has 3 atom stereocenters. The molecule has 1 heterocycles. The fourth-order valence-corrected chi connectivity index (χ4v) is 6.87. The van der Waals surface area contributed by atoms with Crippen LogP contribution in [0.1, 0.15) is 48.5 Å². The zero-order valence-electron chi connectivity index (χ0n) is 18.3. The van der Waals surface area contributed by atoms with Crippen LogP contribution < -0.4 is 0 Å². The molecule has 0 N–H and O–H groups in total. The van der Waals surface area contributed by atoms with Crippen LogP contribution in [0.2, 0.25) is 19.1 Å². The zero-order chi connectivity index (χ0) is 21.0. The molecule has 3 aromatic rings. The quantitative estimate of drug-likeness (QED) is 0.389. The first-order valence-electron chi connectivity index (χ1n) is 11.1. The third kappa shape index (κ3) is 4.29. The van der Waals surface area contributed by atoms with Crippen molar-refractivity contribution in [3.05, 3.63) is 108 Å². The summed E-state index contributed by atoms with van der Waals surface area (Å²) in [6.07, 6.45) is 1.94. The molecule has 156 valence electrons. The average molecular weight is 417 g/mol. The van der Waals surface area contributed by atoms with Crippen LogP contribution in [0.15, 0.2) is 91.0 Å². The van der Waals surface area contributed by atoms with E-state index < -0.39 is 14.1 Å². The lowest BCUT2D eigenvalue weighted by Gasteiger charge is -2.51. The average Bonchev–Trinajstić information content (AvgIpc) is 2.79. The molecule has 3 aromatic carbocycles. The van der Waals surface area contributed by atoms with Gasteiger partial charge in [-0.15, -0.1) is 0 Å². The van der Waals surface area contributed by atoms with Gasteiger partial charge < -0.3 is 9.16 Å². The molecule has 3 unspecified atom stereocenters. The number of hydrogen-bond donors (Lipinski definition) is 0. The van der Waals surface area contributed by atoms with E-state index in [1.807, 2.05) is 0 Å². The van der Waals surface area contributed by atoms with Gasteiger partial charge in [-0.2, -0.15) is 0 Å². The van der Waals surface area contributed by atoms with E-state index in [0.717, 1.165) is 24.4 Å². The van der Waals surface area contributed by atoms with Gasteiger partial charge in [0, 0.05) is 11.5 Å². The SMILES string of the molecule is CCC(OC1(c2ccccc2)O[Si](C)(C)CCC1c1ccccc1)c1ccccc1. The molecule has 0 amide bonds. The highest BCUT2D eigenvalue weighted by molar-refractivity contribution is 6.71. The zero-order valence-corrected chi connectivity index (χ0v) is 19.3. The van der Waals surface area contributed by atoms with Gasteiger partial charge in [-0.3, -0.25) is 0 Å². The first-order chi connectivity index (χ1) is 14.5. The summed E-state index contributed by atoms with van der Waals surface area (Å²) in [5.41, 5.74) is 3.61. The molecule has 0 radical (unpaired) electrons. The van der Waals surface area contributed by atoms with Crippen LogP contribution in [0.25, 0.3) is 0 Å². The standard InChI is InChI=1S/C27H32O2Si/c1-4-26(23-16-10-6-11-17-23)28-27(24-18-12-7-13-19-24)25(20-21-30(2,3)29-27)22-14-8-5-9-15-22/h5-19,25-26H,4,20-21H2,1-3H3. The highest BCUT2D eigenvalue weighted by atomic mass is 28.4. The van der Waals surface area contributed by atoms with Crippen LogP contribution in [-0.4, -0.2) is 8.32 Å². The summed E-state index contributed by atoms with van der Waals surface area (Å²) in [7, 11) is -1.89. The minimum absolute atomic E-state index is 0.0273. The third-order valence-corrected chi connectivity index (χ3v) is 8.51. The molecule has 0 saturated carbocycles. The molecule has 1 saturated heterocycles. The predicted molar refractivity (Wildman–Crippen MR) is 126 cm³/mol. The molecular weight excluding hydrogens is 384 g/mol. The molecule has 30 heavy (non-hydrogen) atoms. The molecule has 4 rings (SSSR count). The molecule has 0 spiro atoms. The van der Waals surface area contributed by atoms with Crippen LogP contribution in [0, 0.1) is 0 Å². The van der Waals surface area contributed by atoms with Crippen LogP contribution in [0.5, 0.6) is 0 Å². The second-order valence-electron chi connectivity index (χ2n) is 8.82. The summed E-state index contributed by atoms with van der Waals surface area (Å²) in [5.74, 6) is -0.632. The normalized spacial score (nSPS) is 24.3. The molecule has 0 aromatic heterocycles. The molecule has 0 aliphatic carbocycles. The summed E-state index contributed by atoms with van der Waals surface area (Å²) in [5, 5.41) is 0. The minimum atomic E-state index is -1.89. The Balaban J connectivity index is 1.85. The van der Waals surface area contributed by atoms with Crippen LogP contribution in [0.4, 0.5) is 0 Å². The Hall–Kier alpha value is -2.20.